The van der Waals surface area contributed by atoms with Gasteiger partial charge in [-0.2, -0.15) is 0 Å². The zero-order chi connectivity index (χ0) is 11.5. The van der Waals surface area contributed by atoms with E-state index in [0.29, 0.717) is 5.41 Å². The molecule has 0 aromatic carbocycles. The largest absolute Gasteiger partial charge is 0.330 e. The molecule has 0 spiro atoms. The first kappa shape index (κ1) is 10.8. The Kier molecular flexibility index (Phi) is 2.38. The van der Waals surface area contributed by atoms with Crippen molar-refractivity contribution >= 4 is 0 Å². The number of hydrogen-bond acceptors (Lipinski definition) is 1. The Morgan fingerprint density at radius 3 is 2.35 bits per heavy atom. The van der Waals surface area contributed by atoms with Gasteiger partial charge in [0, 0.05) is 0 Å². The molecule has 6 unspecified atom stereocenters. The van der Waals surface area contributed by atoms with Crippen LogP contribution in [0.3, 0.4) is 0 Å². The summed E-state index contributed by atoms with van der Waals surface area (Å²) in [6.45, 7) is 0.988. The van der Waals surface area contributed by atoms with Gasteiger partial charge in [0.1, 0.15) is 0 Å². The van der Waals surface area contributed by atoms with E-state index in [0.717, 1.165) is 36.1 Å². The van der Waals surface area contributed by atoms with E-state index in [1.165, 1.54) is 32.1 Å². The third-order valence-corrected chi connectivity index (χ3v) is 7.06. The quantitative estimate of drug-likeness (QED) is 0.792. The van der Waals surface area contributed by atoms with Gasteiger partial charge in [0.2, 0.25) is 0 Å². The van der Waals surface area contributed by atoms with Crippen molar-refractivity contribution in [1.82, 2.24) is 0 Å². The molecule has 4 rings (SSSR count). The Labute approximate surface area is 106 Å². The van der Waals surface area contributed by atoms with Crippen LogP contribution >= 0.6 is 0 Å². The number of hydrogen-bond donors (Lipinski definition) is 1. The van der Waals surface area contributed by atoms with Crippen LogP contribution in [0.25, 0.3) is 0 Å². The first-order valence-corrected chi connectivity index (χ1v) is 7.99. The molecule has 2 N–H and O–H groups in total. The van der Waals surface area contributed by atoms with E-state index in [4.69, 9.17) is 5.73 Å². The molecule has 0 aromatic rings. The second-order valence-electron chi connectivity index (χ2n) is 7.79. The molecule has 0 radical (unpaired) electrons. The lowest BCUT2D eigenvalue weighted by atomic mass is 9.66. The lowest BCUT2D eigenvalue weighted by molar-refractivity contribution is 0.107. The molecule has 4 aliphatic rings. The molecule has 0 amide bonds. The van der Waals surface area contributed by atoms with Crippen LogP contribution in [-0.4, -0.2) is 6.54 Å². The van der Waals surface area contributed by atoms with Gasteiger partial charge in [0.05, 0.1) is 0 Å². The maximum absolute atomic E-state index is 6.23. The second kappa shape index (κ2) is 3.73. The summed E-state index contributed by atoms with van der Waals surface area (Å²) in [4.78, 5) is 0. The van der Waals surface area contributed by atoms with Crippen LogP contribution in [0.5, 0.6) is 0 Å². The van der Waals surface area contributed by atoms with Gasteiger partial charge >= 0.3 is 0 Å². The summed E-state index contributed by atoms with van der Waals surface area (Å²) in [5.41, 5.74) is 6.83. The second-order valence-corrected chi connectivity index (χ2v) is 7.79. The van der Waals surface area contributed by atoms with Crippen molar-refractivity contribution in [1.29, 1.82) is 0 Å². The summed E-state index contributed by atoms with van der Waals surface area (Å²) in [6.07, 6.45) is 13.8. The van der Waals surface area contributed by atoms with Crippen LogP contribution in [0, 0.1) is 35.0 Å². The van der Waals surface area contributed by atoms with Gasteiger partial charge in [-0.25, -0.2) is 0 Å². The fraction of sp³-hybridized carbons (Fsp3) is 1.00. The van der Waals surface area contributed by atoms with Crippen molar-refractivity contribution in [3.05, 3.63) is 0 Å². The van der Waals surface area contributed by atoms with Crippen molar-refractivity contribution < 1.29 is 0 Å². The summed E-state index contributed by atoms with van der Waals surface area (Å²) in [7, 11) is 0. The average Bonchev–Trinajstić information content (AvgIpc) is 3.08. The molecular weight excluding hydrogens is 206 g/mol. The van der Waals surface area contributed by atoms with Crippen molar-refractivity contribution in [2.24, 2.45) is 40.7 Å². The molecule has 4 fully saturated rings. The van der Waals surface area contributed by atoms with Crippen LogP contribution < -0.4 is 5.73 Å². The zero-order valence-corrected chi connectivity index (χ0v) is 11.0. The maximum Gasteiger partial charge on any atom is -0.00177 e. The molecule has 0 saturated heterocycles. The number of rotatable bonds is 3. The topological polar surface area (TPSA) is 26.0 Å². The van der Waals surface area contributed by atoms with E-state index >= 15 is 0 Å². The first-order chi connectivity index (χ1) is 8.29. The van der Waals surface area contributed by atoms with E-state index in [-0.39, 0.29) is 0 Å². The third-order valence-electron chi connectivity index (χ3n) is 7.06. The highest BCUT2D eigenvalue weighted by Gasteiger charge is 2.52. The lowest BCUT2D eigenvalue weighted by Crippen LogP contribution is -2.38. The molecule has 96 valence electrons. The maximum atomic E-state index is 6.23. The molecule has 0 aliphatic heterocycles. The average molecular weight is 233 g/mol. The van der Waals surface area contributed by atoms with Crippen molar-refractivity contribution in [3.8, 4) is 0 Å². The van der Waals surface area contributed by atoms with Gasteiger partial charge in [0.15, 0.2) is 0 Å². The van der Waals surface area contributed by atoms with Crippen LogP contribution in [0.2, 0.25) is 0 Å². The van der Waals surface area contributed by atoms with E-state index in [1.807, 2.05) is 0 Å². The number of fused-ring (bicyclic) bond motifs is 4. The molecule has 17 heavy (non-hydrogen) atoms. The van der Waals surface area contributed by atoms with E-state index < -0.39 is 0 Å². The minimum Gasteiger partial charge on any atom is -0.330 e. The summed E-state index contributed by atoms with van der Waals surface area (Å²) < 4.78 is 0. The Morgan fingerprint density at radius 2 is 1.82 bits per heavy atom. The van der Waals surface area contributed by atoms with E-state index in [1.54, 1.807) is 25.7 Å². The van der Waals surface area contributed by atoms with Crippen LogP contribution in [0.4, 0.5) is 0 Å². The van der Waals surface area contributed by atoms with E-state index in [2.05, 4.69) is 0 Å². The van der Waals surface area contributed by atoms with Crippen LogP contribution in [0.1, 0.15) is 57.8 Å². The predicted octanol–water partition coefficient (Wildman–Crippen LogP) is 3.58. The highest BCUT2D eigenvalue weighted by Crippen LogP contribution is 2.61. The highest BCUT2D eigenvalue weighted by molar-refractivity contribution is 5.03. The SMILES string of the molecule is NCC1(CC2CC3CCC2C3)CC2CCC1C2. The molecule has 1 heteroatoms. The predicted molar refractivity (Wildman–Crippen MR) is 70.5 cm³/mol. The summed E-state index contributed by atoms with van der Waals surface area (Å²) in [5, 5.41) is 0. The molecule has 4 saturated carbocycles. The Hall–Kier alpha value is -0.0400. The summed E-state index contributed by atoms with van der Waals surface area (Å²) in [6, 6.07) is 0. The standard InChI is InChI=1S/C16H27N/c17-10-16(8-12-2-4-15(16)7-12)9-14-6-11-1-3-13(14)5-11/h11-15H,1-10,17H2. The molecular formula is C16H27N. The summed E-state index contributed by atoms with van der Waals surface area (Å²) >= 11 is 0. The Bertz CT molecular complexity index is 313. The smallest absolute Gasteiger partial charge is 0.00177 e. The van der Waals surface area contributed by atoms with Gasteiger partial charge in [-0.15, -0.1) is 0 Å². The fourth-order valence-electron chi connectivity index (χ4n) is 6.29. The minimum absolute atomic E-state index is 0.595. The van der Waals surface area contributed by atoms with Crippen molar-refractivity contribution in [2.75, 3.05) is 6.54 Å². The summed E-state index contributed by atoms with van der Waals surface area (Å²) in [5.74, 6) is 5.34. The normalized spacial score (nSPS) is 55.9. The lowest BCUT2D eigenvalue weighted by Gasteiger charge is -2.40. The van der Waals surface area contributed by atoms with Crippen molar-refractivity contribution in [2.45, 2.75) is 57.8 Å². The highest BCUT2D eigenvalue weighted by atomic mass is 14.7. The van der Waals surface area contributed by atoms with Gasteiger partial charge in [0.25, 0.3) is 0 Å². The van der Waals surface area contributed by atoms with Crippen molar-refractivity contribution in [3.63, 3.8) is 0 Å². The van der Waals surface area contributed by atoms with Gasteiger partial charge in [-0.05, 0) is 86.5 Å². The minimum atomic E-state index is 0.595. The molecule has 0 aromatic heterocycles. The van der Waals surface area contributed by atoms with Gasteiger partial charge in [-0.1, -0.05) is 12.8 Å². The van der Waals surface area contributed by atoms with Crippen LogP contribution in [-0.2, 0) is 0 Å². The van der Waals surface area contributed by atoms with E-state index in [9.17, 15) is 0 Å². The van der Waals surface area contributed by atoms with Gasteiger partial charge < -0.3 is 5.73 Å². The third kappa shape index (κ3) is 1.54. The first-order valence-electron chi connectivity index (χ1n) is 7.99. The van der Waals surface area contributed by atoms with Crippen LogP contribution in [0.15, 0.2) is 0 Å². The number of nitrogens with two attached hydrogens (primary N) is 1. The molecule has 4 bridgehead atoms. The fourth-order valence-corrected chi connectivity index (χ4v) is 6.29. The molecule has 1 nitrogen and oxygen atoms in total. The molecule has 4 aliphatic carbocycles. The monoisotopic (exact) mass is 233 g/mol. The Balaban J connectivity index is 1.50. The molecule has 6 atom stereocenters. The Morgan fingerprint density at radius 1 is 0.941 bits per heavy atom. The molecule has 0 heterocycles. The zero-order valence-electron chi connectivity index (χ0n) is 11.0. The van der Waals surface area contributed by atoms with Gasteiger partial charge in [-0.3, -0.25) is 0 Å².